The van der Waals surface area contributed by atoms with Gasteiger partial charge in [0, 0.05) is 51.2 Å². The van der Waals surface area contributed by atoms with Crippen LogP contribution in [0.1, 0.15) is 17.9 Å². The van der Waals surface area contributed by atoms with Crippen molar-refractivity contribution < 1.29 is 0 Å². The van der Waals surface area contributed by atoms with E-state index in [1.165, 1.54) is 44.7 Å². The molecule has 104 valence electrons. The van der Waals surface area contributed by atoms with Gasteiger partial charge in [-0.25, -0.2) is 0 Å². The number of piperazine rings is 1. The Morgan fingerprint density at radius 3 is 2.58 bits per heavy atom. The third-order valence-electron chi connectivity index (χ3n) is 4.45. The van der Waals surface area contributed by atoms with E-state index in [4.69, 9.17) is 0 Å². The van der Waals surface area contributed by atoms with Gasteiger partial charge in [0.15, 0.2) is 0 Å². The molecule has 3 nitrogen and oxygen atoms in total. The maximum absolute atomic E-state index is 3.71. The van der Waals surface area contributed by atoms with Gasteiger partial charge in [-0.1, -0.05) is 30.3 Å². The SMILES string of the molecule is CN1CCN(CCN[C@H]2CC2c2ccccc2)CC1. The quantitative estimate of drug-likeness (QED) is 0.862. The molecule has 2 aliphatic rings. The summed E-state index contributed by atoms with van der Waals surface area (Å²) in [6, 6.07) is 11.6. The molecule has 2 atom stereocenters. The van der Waals surface area contributed by atoms with E-state index in [0.717, 1.165) is 18.5 Å². The van der Waals surface area contributed by atoms with E-state index in [-0.39, 0.29) is 0 Å². The summed E-state index contributed by atoms with van der Waals surface area (Å²) in [7, 11) is 2.21. The van der Waals surface area contributed by atoms with Gasteiger partial charge < -0.3 is 10.2 Å². The van der Waals surface area contributed by atoms with Crippen LogP contribution in [0, 0.1) is 0 Å². The van der Waals surface area contributed by atoms with Crippen molar-refractivity contribution in [1.82, 2.24) is 15.1 Å². The number of benzene rings is 1. The second-order valence-electron chi connectivity index (χ2n) is 5.96. The Kier molecular flexibility index (Phi) is 4.16. The summed E-state index contributed by atoms with van der Waals surface area (Å²) in [6.45, 7) is 7.23. The largest absolute Gasteiger partial charge is 0.312 e. The summed E-state index contributed by atoms with van der Waals surface area (Å²) in [5.74, 6) is 0.758. The van der Waals surface area contributed by atoms with Gasteiger partial charge in [-0.15, -0.1) is 0 Å². The Balaban J connectivity index is 1.34. The Bertz CT molecular complexity index is 384. The van der Waals surface area contributed by atoms with Crippen molar-refractivity contribution in [3.8, 4) is 0 Å². The third kappa shape index (κ3) is 3.56. The second-order valence-corrected chi connectivity index (χ2v) is 5.96. The van der Waals surface area contributed by atoms with Crippen LogP contribution in [-0.2, 0) is 0 Å². The molecule has 1 heterocycles. The van der Waals surface area contributed by atoms with Crippen molar-refractivity contribution in [2.24, 2.45) is 0 Å². The van der Waals surface area contributed by atoms with Crippen LogP contribution in [0.15, 0.2) is 30.3 Å². The molecule has 1 N–H and O–H groups in total. The summed E-state index contributed by atoms with van der Waals surface area (Å²) in [5, 5.41) is 3.71. The fourth-order valence-electron chi connectivity index (χ4n) is 2.97. The number of hydrogen-bond acceptors (Lipinski definition) is 3. The number of nitrogens with one attached hydrogen (secondary N) is 1. The first-order chi connectivity index (χ1) is 9.33. The summed E-state index contributed by atoms with van der Waals surface area (Å²) < 4.78 is 0. The maximum Gasteiger partial charge on any atom is 0.0143 e. The van der Waals surface area contributed by atoms with E-state index in [2.05, 4.69) is 52.5 Å². The molecule has 0 spiro atoms. The molecule has 1 saturated carbocycles. The first-order valence-electron chi connectivity index (χ1n) is 7.52. The minimum absolute atomic E-state index is 0.717. The number of nitrogens with zero attached hydrogens (tertiary/aromatic N) is 2. The zero-order chi connectivity index (χ0) is 13.1. The number of likely N-dealkylation sites (N-methyl/N-ethyl adjacent to an activating group) is 1. The molecule has 0 radical (unpaired) electrons. The molecule has 3 heteroatoms. The van der Waals surface area contributed by atoms with Crippen LogP contribution in [0.5, 0.6) is 0 Å². The summed E-state index contributed by atoms with van der Waals surface area (Å²) >= 11 is 0. The minimum Gasteiger partial charge on any atom is -0.312 e. The normalized spacial score (nSPS) is 28.5. The van der Waals surface area contributed by atoms with E-state index < -0.39 is 0 Å². The van der Waals surface area contributed by atoms with E-state index in [1.807, 2.05) is 0 Å². The van der Waals surface area contributed by atoms with Crippen LogP contribution in [-0.4, -0.2) is 62.2 Å². The van der Waals surface area contributed by atoms with Crippen molar-refractivity contribution in [1.29, 1.82) is 0 Å². The Labute approximate surface area is 116 Å². The highest BCUT2D eigenvalue weighted by molar-refractivity contribution is 5.27. The van der Waals surface area contributed by atoms with E-state index in [0.29, 0.717) is 0 Å². The van der Waals surface area contributed by atoms with Crippen LogP contribution in [0.3, 0.4) is 0 Å². The molecule has 1 unspecified atom stereocenters. The molecule has 1 aromatic rings. The van der Waals surface area contributed by atoms with Crippen molar-refractivity contribution in [2.75, 3.05) is 46.3 Å². The van der Waals surface area contributed by atoms with Gasteiger partial charge >= 0.3 is 0 Å². The van der Waals surface area contributed by atoms with E-state index in [9.17, 15) is 0 Å². The second kappa shape index (κ2) is 6.04. The van der Waals surface area contributed by atoms with Gasteiger partial charge in [0.25, 0.3) is 0 Å². The fourth-order valence-corrected chi connectivity index (χ4v) is 2.97. The van der Waals surface area contributed by atoms with Crippen LogP contribution < -0.4 is 5.32 Å². The molecule has 1 aromatic carbocycles. The lowest BCUT2D eigenvalue weighted by atomic mass is 10.1. The summed E-state index contributed by atoms with van der Waals surface area (Å²) in [4.78, 5) is 4.99. The van der Waals surface area contributed by atoms with Gasteiger partial charge in [-0.2, -0.15) is 0 Å². The van der Waals surface area contributed by atoms with Crippen LogP contribution in [0.25, 0.3) is 0 Å². The van der Waals surface area contributed by atoms with Crippen molar-refractivity contribution in [3.63, 3.8) is 0 Å². The first kappa shape index (κ1) is 13.1. The molecular formula is C16H25N3. The number of rotatable bonds is 5. The summed E-state index contributed by atoms with van der Waals surface area (Å²) in [6.07, 6.45) is 1.31. The molecule has 0 amide bonds. The molecule has 0 aromatic heterocycles. The standard InChI is InChI=1S/C16H25N3/c1-18-9-11-19(12-10-18)8-7-17-16-13-15(16)14-5-3-2-4-6-14/h2-6,15-17H,7-13H2,1H3/t15?,16-/m0/s1. The Hall–Kier alpha value is -0.900. The zero-order valence-electron chi connectivity index (χ0n) is 11.9. The molecule has 2 fully saturated rings. The number of hydrogen-bond donors (Lipinski definition) is 1. The fraction of sp³-hybridized carbons (Fsp3) is 0.625. The smallest absolute Gasteiger partial charge is 0.0143 e. The van der Waals surface area contributed by atoms with Gasteiger partial charge in [-0.3, -0.25) is 4.90 Å². The first-order valence-corrected chi connectivity index (χ1v) is 7.52. The highest BCUT2D eigenvalue weighted by atomic mass is 15.2. The molecule has 1 aliphatic heterocycles. The average molecular weight is 259 g/mol. The predicted octanol–water partition coefficient (Wildman–Crippen LogP) is 1.38. The highest BCUT2D eigenvalue weighted by Crippen LogP contribution is 2.40. The van der Waals surface area contributed by atoms with Gasteiger partial charge in [0.05, 0.1) is 0 Å². The lowest BCUT2D eigenvalue weighted by Gasteiger charge is -2.32. The highest BCUT2D eigenvalue weighted by Gasteiger charge is 2.37. The topological polar surface area (TPSA) is 18.5 Å². The van der Waals surface area contributed by atoms with Crippen molar-refractivity contribution >= 4 is 0 Å². The third-order valence-corrected chi connectivity index (χ3v) is 4.45. The molecule has 1 aliphatic carbocycles. The predicted molar refractivity (Wildman–Crippen MR) is 79.5 cm³/mol. The molecule has 0 bridgehead atoms. The van der Waals surface area contributed by atoms with Gasteiger partial charge in [-0.05, 0) is 19.0 Å². The zero-order valence-corrected chi connectivity index (χ0v) is 11.9. The van der Waals surface area contributed by atoms with E-state index in [1.54, 1.807) is 0 Å². The van der Waals surface area contributed by atoms with Crippen LogP contribution in [0.4, 0.5) is 0 Å². The van der Waals surface area contributed by atoms with Crippen LogP contribution in [0.2, 0.25) is 0 Å². The molecule has 19 heavy (non-hydrogen) atoms. The molecule has 3 rings (SSSR count). The molecular weight excluding hydrogens is 234 g/mol. The maximum atomic E-state index is 3.71. The molecule has 1 saturated heterocycles. The van der Waals surface area contributed by atoms with Gasteiger partial charge in [0.1, 0.15) is 0 Å². The Morgan fingerprint density at radius 1 is 1.11 bits per heavy atom. The Morgan fingerprint density at radius 2 is 1.84 bits per heavy atom. The van der Waals surface area contributed by atoms with Crippen LogP contribution >= 0.6 is 0 Å². The van der Waals surface area contributed by atoms with Crippen molar-refractivity contribution in [3.05, 3.63) is 35.9 Å². The lowest BCUT2D eigenvalue weighted by molar-refractivity contribution is 0.154. The van der Waals surface area contributed by atoms with Crippen molar-refractivity contribution in [2.45, 2.75) is 18.4 Å². The monoisotopic (exact) mass is 259 g/mol. The van der Waals surface area contributed by atoms with Gasteiger partial charge in [0.2, 0.25) is 0 Å². The lowest BCUT2D eigenvalue weighted by Crippen LogP contribution is -2.46. The average Bonchev–Trinajstić information content (AvgIpc) is 3.22. The summed E-state index contributed by atoms with van der Waals surface area (Å²) in [5.41, 5.74) is 1.50. The minimum atomic E-state index is 0.717. The van der Waals surface area contributed by atoms with E-state index >= 15 is 0 Å².